The molecule has 3 rings (SSSR count). The number of rotatable bonds is 6. The van der Waals surface area contributed by atoms with E-state index in [1.807, 2.05) is 73.6 Å². The van der Waals surface area contributed by atoms with Crippen molar-refractivity contribution in [3.8, 4) is 0 Å². The average Bonchev–Trinajstić information content (AvgIpc) is 2.94. The summed E-state index contributed by atoms with van der Waals surface area (Å²) in [5.41, 5.74) is 2.76. The molecule has 1 aliphatic rings. The number of thiocarbonyl (C=S) groups is 1. The summed E-state index contributed by atoms with van der Waals surface area (Å²) in [5, 5.41) is 9.70. The van der Waals surface area contributed by atoms with Crippen LogP contribution in [0.15, 0.2) is 59.5 Å². The van der Waals surface area contributed by atoms with E-state index >= 15 is 0 Å². The summed E-state index contributed by atoms with van der Waals surface area (Å²) in [4.78, 5) is 28.4. The molecule has 28 heavy (non-hydrogen) atoms. The Labute approximate surface area is 173 Å². The lowest BCUT2D eigenvalue weighted by Gasteiger charge is -2.23. The van der Waals surface area contributed by atoms with Crippen molar-refractivity contribution in [1.82, 2.24) is 4.90 Å². The minimum absolute atomic E-state index is 0.202. The van der Waals surface area contributed by atoms with Gasteiger partial charge in [-0.15, -0.1) is 0 Å². The largest absolute Gasteiger partial charge is 0.480 e. The SMILES string of the molecule is CN(C)c1ccc(/C=C2\SC(=S)N(C(Cc3ccccc3)C(=O)O)C2=O)cc1. The number of carbonyl (C=O) groups excluding carboxylic acids is 1. The van der Waals surface area contributed by atoms with Crippen LogP contribution in [0.2, 0.25) is 0 Å². The minimum Gasteiger partial charge on any atom is -0.480 e. The molecule has 144 valence electrons. The van der Waals surface area contributed by atoms with Gasteiger partial charge in [0.15, 0.2) is 0 Å². The van der Waals surface area contributed by atoms with Gasteiger partial charge in [-0.25, -0.2) is 4.79 Å². The van der Waals surface area contributed by atoms with E-state index < -0.39 is 12.0 Å². The third kappa shape index (κ3) is 4.43. The van der Waals surface area contributed by atoms with E-state index in [2.05, 4.69) is 0 Å². The molecular weight excluding hydrogens is 392 g/mol. The third-order valence-electron chi connectivity index (χ3n) is 4.40. The van der Waals surface area contributed by atoms with Gasteiger partial charge in [-0.2, -0.15) is 0 Å². The van der Waals surface area contributed by atoms with Crippen LogP contribution in [0.25, 0.3) is 6.08 Å². The summed E-state index contributed by atoms with van der Waals surface area (Å²) in [6.45, 7) is 0. The first-order chi connectivity index (χ1) is 13.4. The minimum atomic E-state index is -1.07. The lowest BCUT2D eigenvalue weighted by atomic mass is 10.0. The van der Waals surface area contributed by atoms with Crippen molar-refractivity contribution >= 4 is 51.9 Å². The highest BCUT2D eigenvalue weighted by Gasteiger charge is 2.40. The molecule has 0 spiro atoms. The number of carbonyl (C=O) groups is 2. The van der Waals surface area contributed by atoms with Crippen molar-refractivity contribution in [2.45, 2.75) is 12.5 Å². The summed E-state index contributed by atoms with van der Waals surface area (Å²) in [6.07, 6.45) is 1.95. The Bertz CT molecular complexity index is 924. The smallest absolute Gasteiger partial charge is 0.327 e. The van der Waals surface area contributed by atoms with Crippen molar-refractivity contribution < 1.29 is 14.7 Å². The molecule has 1 saturated heterocycles. The van der Waals surface area contributed by atoms with Gasteiger partial charge in [0, 0.05) is 26.2 Å². The van der Waals surface area contributed by atoms with Crippen molar-refractivity contribution in [2.24, 2.45) is 0 Å². The Hall–Kier alpha value is -2.64. The van der Waals surface area contributed by atoms with Gasteiger partial charge < -0.3 is 10.0 Å². The number of anilines is 1. The molecule has 1 N–H and O–H groups in total. The molecule has 1 fully saturated rings. The quantitative estimate of drug-likeness (QED) is 0.577. The fourth-order valence-electron chi connectivity index (χ4n) is 2.89. The number of amides is 1. The number of benzene rings is 2. The lowest BCUT2D eigenvalue weighted by Crippen LogP contribution is -2.45. The van der Waals surface area contributed by atoms with Crippen molar-refractivity contribution in [1.29, 1.82) is 0 Å². The molecule has 1 unspecified atom stereocenters. The van der Waals surface area contributed by atoms with Gasteiger partial charge in [0.25, 0.3) is 5.91 Å². The summed E-state index contributed by atoms with van der Waals surface area (Å²) in [5.74, 6) is -1.44. The number of carboxylic acid groups (broad SMARTS) is 1. The molecule has 0 radical (unpaired) electrons. The van der Waals surface area contributed by atoms with Gasteiger partial charge >= 0.3 is 5.97 Å². The molecule has 1 amide bonds. The van der Waals surface area contributed by atoms with Crippen LogP contribution in [-0.4, -0.2) is 46.3 Å². The molecule has 2 aromatic rings. The van der Waals surface area contributed by atoms with Gasteiger partial charge in [0.05, 0.1) is 4.91 Å². The topological polar surface area (TPSA) is 60.9 Å². The number of thioether (sulfide) groups is 1. The van der Waals surface area contributed by atoms with Crippen LogP contribution in [0.1, 0.15) is 11.1 Å². The highest BCUT2D eigenvalue weighted by molar-refractivity contribution is 8.26. The maximum Gasteiger partial charge on any atom is 0.327 e. The number of carboxylic acids is 1. The van der Waals surface area contributed by atoms with Crippen LogP contribution in [0.3, 0.4) is 0 Å². The van der Waals surface area contributed by atoms with Crippen LogP contribution in [0, 0.1) is 0 Å². The first-order valence-corrected chi connectivity index (χ1v) is 9.90. The molecule has 0 aliphatic carbocycles. The Kier molecular flexibility index (Phi) is 6.16. The Balaban J connectivity index is 1.84. The first-order valence-electron chi connectivity index (χ1n) is 8.68. The highest BCUT2D eigenvalue weighted by Crippen LogP contribution is 2.35. The van der Waals surface area contributed by atoms with Gasteiger partial charge in [-0.1, -0.05) is 66.4 Å². The van der Waals surface area contributed by atoms with E-state index in [0.717, 1.165) is 28.6 Å². The molecule has 0 bridgehead atoms. The number of aliphatic carboxylic acids is 1. The van der Waals surface area contributed by atoms with Crippen molar-refractivity contribution in [2.75, 3.05) is 19.0 Å². The van der Waals surface area contributed by atoms with E-state index in [4.69, 9.17) is 12.2 Å². The fourth-order valence-corrected chi connectivity index (χ4v) is 4.25. The molecule has 0 aromatic heterocycles. The van der Waals surface area contributed by atoms with Crippen LogP contribution < -0.4 is 4.90 Å². The summed E-state index contributed by atoms with van der Waals surface area (Å²) < 4.78 is 0.268. The summed E-state index contributed by atoms with van der Waals surface area (Å²) >= 11 is 6.47. The standard InChI is InChI=1S/C21H20N2O3S2/c1-22(2)16-10-8-15(9-11-16)13-18-19(24)23(21(27)28-18)17(20(25)26)12-14-6-4-3-5-7-14/h3-11,13,17H,12H2,1-2H3,(H,25,26)/b18-13-. The zero-order valence-electron chi connectivity index (χ0n) is 15.5. The van der Waals surface area contributed by atoms with Crippen LogP contribution in [0.5, 0.6) is 0 Å². The number of hydrogen-bond acceptors (Lipinski definition) is 5. The molecule has 7 heteroatoms. The van der Waals surface area contributed by atoms with E-state index in [0.29, 0.717) is 4.91 Å². The zero-order chi connectivity index (χ0) is 20.3. The predicted octanol–water partition coefficient (Wildman–Crippen LogP) is 3.65. The molecule has 1 atom stereocenters. The second-order valence-corrected chi connectivity index (χ2v) is 8.26. The molecule has 2 aromatic carbocycles. The summed E-state index contributed by atoms with van der Waals surface area (Å²) in [6, 6.07) is 16.0. The van der Waals surface area contributed by atoms with Gasteiger partial charge in [0.2, 0.25) is 0 Å². The molecule has 1 aliphatic heterocycles. The maximum atomic E-state index is 12.9. The number of hydrogen-bond donors (Lipinski definition) is 1. The molecule has 0 saturated carbocycles. The Morgan fingerprint density at radius 2 is 1.82 bits per heavy atom. The number of nitrogens with zero attached hydrogens (tertiary/aromatic N) is 2. The van der Waals surface area contributed by atoms with Crippen LogP contribution in [0.4, 0.5) is 5.69 Å². The van der Waals surface area contributed by atoms with Crippen LogP contribution >= 0.6 is 24.0 Å². The van der Waals surface area contributed by atoms with Gasteiger partial charge in [0.1, 0.15) is 10.4 Å². The second kappa shape index (κ2) is 8.58. The van der Waals surface area contributed by atoms with Crippen molar-refractivity contribution in [3.63, 3.8) is 0 Å². The van der Waals surface area contributed by atoms with Gasteiger partial charge in [-0.05, 0) is 29.3 Å². The first kappa shape index (κ1) is 20.1. The zero-order valence-corrected chi connectivity index (χ0v) is 17.2. The van der Waals surface area contributed by atoms with E-state index in [-0.39, 0.29) is 16.6 Å². The average molecular weight is 413 g/mol. The van der Waals surface area contributed by atoms with Gasteiger partial charge in [-0.3, -0.25) is 9.69 Å². The fraction of sp³-hybridized carbons (Fsp3) is 0.190. The lowest BCUT2D eigenvalue weighted by molar-refractivity contribution is -0.145. The third-order valence-corrected chi connectivity index (χ3v) is 5.73. The summed E-state index contributed by atoms with van der Waals surface area (Å²) in [7, 11) is 3.91. The molecular formula is C21H20N2O3S2. The van der Waals surface area contributed by atoms with Crippen LogP contribution in [-0.2, 0) is 16.0 Å². The van der Waals surface area contributed by atoms with E-state index in [1.165, 1.54) is 4.90 Å². The highest BCUT2D eigenvalue weighted by atomic mass is 32.2. The normalized spacial score (nSPS) is 16.5. The maximum absolute atomic E-state index is 12.9. The monoisotopic (exact) mass is 412 g/mol. The van der Waals surface area contributed by atoms with Crippen molar-refractivity contribution in [3.05, 3.63) is 70.6 Å². The predicted molar refractivity (Wildman–Crippen MR) is 117 cm³/mol. The molecule has 1 heterocycles. The second-order valence-electron chi connectivity index (χ2n) is 6.58. The Morgan fingerprint density at radius 1 is 1.18 bits per heavy atom. The molecule has 5 nitrogen and oxygen atoms in total. The van der Waals surface area contributed by atoms with E-state index in [1.54, 1.807) is 6.08 Å². The Morgan fingerprint density at radius 3 is 2.39 bits per heavy atom. The van der Waals surface area contributed by atoms with E-state index in [9.17, 15) is 14.7 Å².